The van der Waals surface area contributed by atoms with Crippen LogP contribution in [0.5, 0.6) is 5.75 Å². The van der Waals surface area contributed by atoms with Gasteiger partial charge in [0.2, 0.25) is 29.5 Å². The molecule has 4 aliphatic rings. The van der Waals surface area contributed by atoms with Crippen molar-refractivity contribution in [3.63, 3.8) is 0 Å². The molecule has 0 bridgehead atoms. The Balaban J connectivity index is 1.32. The molecule has 0 aromatic heterocycles. The highest BCUT2D eigenvalue weighted by Crippen LogP contribution is 2.29. The van der Waals surface area contributed by atoms with Gasteiger partial charge in [0.25, 0.3) is 0 Å². The van der Waals surface area contributed by atoms with Crippen LogP contribution in [0.3, 0.4) is 0 Å². The molecule has 16 nitrogen and oxygen atoms in total. The molecule has 2 aromatic rings. The molecule has 2 aromatic carbocycles. The van der Waals surface area contributed by atoms with Crippen molar-refractivity contribution in [3.8, 4) is 5.75 Å². The number of carbonyl (C=O) groups is 7. The van der Waals surface area contributed by atoms with Crippen LogP contribution >= 0.6 is 0 Å². The number of hydrogen-bond donors (Lipinski definition) is 4. The summed E-state index contributed by atoms with van der Waals surface area (Å²) >= 11 is 0. The minimum absolute atomic E-state index is 0.0393. The Labute approximate surface area is 353 Å². The number of ether oxygens (including phenoxy) is 2. The van der Waals surface area contributed by atoms with E-state index in [2.05, 4.69) is 26.0 Å². The first-order valence-electron chi connectivity index (χ1n) is 20.4. The standard InChI is InChI=1S/C41H48F5N7O9/c1-21-15-32-39(59)61-23(3)33(38(58)52-14-6-8-31(52)37(57)51-13-5-4-7-30(51)35(55)47-22(2)36(56)53(32)20-21)50-34(54)29(18-24-16-25(42)19-26(43)17-24)49-40(60)48-27-9-11-28(12-10-27)62-41(44,45)46/h9-12,16-17,19,21-23,29-33H,4-8,13-15,18,20H2,1-3H3,(H,47,55)(H,50,54)(H2,48,49,60)/t21-,22-,23-,29-,30-,31-,32-,33-/m0/s1. The summed E-state index contributed by atoms with van der Waals surface area (Å²) in [5, 5.41) is 9.98. The normalized spacial score (nSPS) is 26.7. The minimum atomic E-state index is -4.97. The van der Waals surface area contributed by atoms with Crippen molar-refractivity contribution in [2.75, 3.05) is 25.0 Å². The first-order valence-corrected chi connectivity index (χ1v) is 20.4. The quantitative estimate of drug-likeness (QED) is 0.239. The van der Waals surface area contributed by atoms with Crippen LogP contribution in [0.15, 0.2) is 42.5 Å². The molecule has 0 spiro atoms. The van der Waals surface area contributed by atoms with Crippen LogP contribution in [0.2, 0.25) is 0 Å². The Kier molecular flexibility index (Phi) is 13.9. The molecule has 4 aliphatic heterocycles. The number of fused-ring (bicyclic) bond motifs is 3. The number of urea groups is 1. The van der Waals surface area contributed by atoms with E-state index in [0.717, 1.165) is 36.4 Å². The van der Waals surface area contributed by atoms with Crippen LogP contribution in [0.25, 0.3) is 0 Å². The topological polar surface area (TPSA) is 196 Å². The van der Waals surface area contributed by atoms with E-state index in [9.17, 15) is 55.5 Å². The molecule has 0 unspecified atom stereocenters. The van der Waals surface area contributed by atoms with Crippen LogP contribution in [-0.2, 0) is 39.9 Å². The van der Waals surface area contributed by atoms with Gasteiger partial charge in [-0.25, -0.2) is 18.4 Å². The predicted octanol–water partition coefficient (Wildman–Crippen LogP) is 3.14. The lowest BCUT2D eigenvalue weighted by molar-refractivity contribution is -0.274. The second-order valence-electron chi connectivity index (χ2n) is 16.1. The smallest absolute Gasteiger partial charge is 0.458 e. The molecule has 0 saturated carbocycles. The Hall–Kier alpha value is -6.02. The van der Waals surface area contributed by atoms with Crippen molar-refractivity contribution in [3.05, 3.63) is 59.7 Å². The van der Waals surface area contributed by atoms with Crippen molar-refractivity contribution in [2.24, 2.45) is 5.92 Å². The molecule has 62 heavy (non-hydrogen) atoms. The van der Waals surface area contributed by atoms with Crippen LogP contribution in [0.4, 0.5) is 32.4 Å². The number of alkyl halides is 3. The van der Waals surface area contributed by atoms with Crippen LogP contribution < -0.4 is 26.0 Å². The predicted molar refractivity (Wildman–Crippen MR) is 208 cm³/mol. The van der Waals surface area contributed by atoms with Crippen molar-refractivity contribution in [2.45, 2.75) is 114 Å². The number of hydrogen-bond acceptors (Lipinski definition) is 9. The van der Waals surface area contributed by atoms with Gasteiger partial charge in [0, 0.05) is 37.8 Å². The Bertz CT molecular complexity index is 2040. The highest BCUT2D eigenvalue weighted by atomic mass is 19.4. The van der Waals surface area contributed by atoms with E-state index in [4.69, 9.17) is 4.74 Å². The molecular weight excluding hydrogens is 829 g/mol. The van der Waals surface area contributed by atoms with E-state index in [-0.39, 0.29) is 49.6 Å². The lowest BCUT2D eigenvalue weighted by Gasteiger charge is -2.39. The summed E-state index contributed by atoms with van der Waals surface area (Å²) in [7, 11) is 0. The summed E-state index contributed by atoms with van der Waals surface area (Å²) in [4.78, 5) is 102. The number of benzene rings is 2. The van der Waals surface area contributed by atoms with Crippen LogP contribution in [0.1, 0.15) is 64.9 Å². The van der Waals surface area contributed by atoms with Crippen molar-refractivity contribution < 1.29 is 65.0 Å². The Morgan fingerprint density at radius 3 is 2.16 bits per heavy atom. The number of amides is 7. The van der Waals surface area contributed by atoms with Gasteiger partial charge < -0.3 is 45.4 Å². The summed E-state index contributed by atoms with van der Waals surface area (Å²) in [5.41, 5.74) is -0.136. The number of cyclic esters (lactones) is 1. The zero-order valence-corrected chi connectivity index (χ0v) is 34.1. The number of piperidine rings is 1. The highest BCUT2D eigenvalue weighted by molar-refractivity contribution is 5.99. The third-order valence-electron chi connectivity index (χ3n) is 11.4. The number of halogens is 5. The van der Waals surface area contributed by atoms with E-state index in [1.165, 1.54) is 28.5 Å². The number of nitrogens with zero attached hydrogens (tertiary/aromatic N) is 3. The van der Waals surface area contributed by atoms with Gasteiger partial charge in [-0.05, 0) is 100 Å². The van der Waals surface area contributed by atoms with Crippen LogP contribution in [-0.4, -0.2) is 125 Å². The van der Waals surface area contributed by atoms with Gasteiger partial charge in [0.05, 0.1) is 0 Å². The van der Waals surface area contributed by atoms with Crippen molar-refractivity contribution in [1.82, 2.24) is 30.7 Å². The summed E-state index contributed by atoms with van der Waals surface area (Å²) in [6, 6.07) is -2.32. The third-order valence-corrected chi connectivity index (χ3v) is 11.4. The minimum Gasteiger partial charge on any atom is -0.458 e. The lowest BCUT2D eigenvalue weighted by atomic mass is 9.99. The zero-order valence-electron chi connectivity index (χ0n) is 34.1. The molecule has 7 amide bonds. The summed E-state index contributed by atoms with van der Waals surface area (Å²) < 4.78 is 76.4. The first-order chi connectivity index (χ1) is 29.3. The molecular formula is C41H48F5N7O9. The van der Waals surface area contributed by atoms with Crippen molar-refractivity contribution >= 4 is 47.2 Å². The summed E-state index contributed by atoms with van der Waals surface area (Å²) in [6.07, 6.45) is -4.73. The maximum absolute atomic E-state index is 14.7. The van der Waals surface area contributed by atoms with E-state index < -0.39 is 114 Å². The molecule has 4 heterocycles. The molecule has 4 N–H and O–H groups in total. The Morgan fingerprint density at radius 2 is 1.48 bits per heavy atom. The second-order valence-corrected chi connectivity index (χ2v) is 16.1. The average molecular weight is 878 g/mol. The number of esters is 1. The maximum atomic E-state index is 14.7. The molecule has 4 fully saturated rings. The van der Waals surface area contributed by atoms with E-state index >= 15 is 0 Å². The molecule has 0 radical (unpaired) electrons. The number of carbonyl (C=O) groups excluding carboxylic acids is 7. The van der Waals surface area contributed by atoms with E-state index in [1.54, 1.807) is 0 Å². The fraction of sp³-hybridized carbons (Fsp3) is 0.537. The van der Waals surface area contributed by atoms with Gasteiger partial charge in [0.15, 0.2) is 0 Å². The van der Waals surface area contributed by atoms with Gasteiger partial charge in [-0.3, -0.25) is 24.0 Å². The molecule has 6 rings (SSSR count). The zero-order chi connectivity index (χ0) is 45.0. The molecule has 0 aliphatic carbocycles. The second kappa shape index (κ2) is 18.9. The largest absolute Gasteiger partial charge is 0.573 e. The third kappa shape index (κ3) is 10.9. The van der Waals surface area contributed by atoms with Gasteiger partial charge in [-0.15, -0.1) is 13.2 Å². The molecule has 21 heteroatoms. The average Bonchev–Trinajstić information content (AvgIpc) is 3.85. The fourth-order valence-corrected chi connectivity index (χ4v) is 8.46. The lowest BCUT2D eigenvalue weighted by Crippen LogP contribution is -2.63. The van der Waals surface area contributed by atoms with E-state index in [0.29, 0.717) is 31.7 Å². The van der Waals surface area contributed by atoms with Gasteiger partial charge >= 0.3 is 18.4 Å². The van der Waals surface area contributed by atoms with Gasteiger partial charge in [-0.2, -0.15) is 0 Å². The molecule has 336 valence electrons. The fourth-order valence-electron chi connectivity index (χ4n) is 8.46. The number of nitrogens with one attached hydrogen (secondary N) is 4. The molecule has 8 atom stereocenters. The van der Waals surface area contributed by atoms with Gasteiger partial charge in [0.1, 0.15) is 59.7 Å². The maximum Gasteiger partial charge on any atom is 0.573 e. The van der Waals surface area contributed by atoms with E-state index in [1.807, 2.05) is 6.92 Å². The number of rotatable bonds is 7. The summed E-state index contributed by atoms with van der Waals surface area (Å²) in [5.74, 6) is -7.23. The summed E-state index contributed by atoms with van der Waals surface area (Å²) in [6.45, 7) is 5.04. The highest BCUT2D eigenvalue weighted by Gasteiger charge is 2.47. The number of anilines is 1. The van der Waals surface area contributed by atoms with Crippen molar-refractivity contribution in [1.29, 1.82) is 0 Å². The Morgan fingerprint density at radius 1 is 0.839 bits per heavy atom. The SMILES string of the molecule is C[C@H]1C[C@H]2C(=O)O[C@@H](C)[C@H](NC(=O)[C@H](Cc3cc(F)cc(F)c3)NC(=O)Nc3ccc(OC(F)(F)F)cc3)C(=O)N3CCC[C@H]3C(=O)N3CCCC[C@H]3C(=O)N[C@@H](C)C(=O)N2C1. The first kappa shape index (κ1) is 45.5. The van der Waals surface area contributed by atoms with Crippen LogP contribution in [0, 0.1) is 17.6 Å². The monoisotopic (exact) mass is 877 g/mol. The van der Waals surface area contributed by atoms with Gasteiger partial charge in [-0.1, -0.05) is 6.92 Å². The molecule has 4 saturated heterocycles.